The molecule has 0 unspecified atom stereocenters. The molecule has 0 radical (unpaired) electrons. The van der Waals surface area contributed by atoms with Crippen LogP contribution in [0, 0.1) is 0 Å². The van der Waals surface area contributed by atoms with E-state index in [0.717, 1.165) is 30.0 Å². The van der Waals surface area contributed by atoms with Crippen molar-refractivity contribution in [2.45, 2.75) is 17.5 Å². The summed E-state index contributed by atoms with van der Waals surface area (Å²) in [5.41, 5.74) is 6.19. The quantitative estimate of drug-likeness (QED) is 0.695. The van der Waals surface area contributed by atoms with E-state index < -0.39 is 11.7 Å². The first-order chi connectivity index (χ1) is 9.38. The molecular formula is C13H14F3N3S. The van der Waals surface area contributed by atoms with Crippen molar-refractivity contribution in [3.63, 3.8) is 0 Å². The molecule has 20 heavy (non-hydrogen) atoms. The van der Waals surface area contributed by atoms with Gasteiger partial charge in [0.05, 0.1) is 5.56 Å². The van der Waals surface area contributed by atoms with Gasteiger partial charge in [0.25, 0.3) is 0 Å². The third-order valence-electron chi connectivity index (χ3n) is 2.88. The molecule has 2 N–H and O–H groups in total. The minimum atomic E-state index is -4.36. The number of rotatable bonds is 4. The zero-order chi connectivity index (χ0) is 14.8. The SMILES string of the molecule is Cn1nccc1CCSc1ccc(C(F)(F)F)cc1N. The third-order valence-corrected chi connectivity index (χ3v) is 3.97. The summed E-state index contributed by atoms with van der Waals surface area (Å²) in [4.78, 5) is 0.667. The van der Waals surface area contributed by atoms with Crippen LogP contribution in [0.1, 0.15) is 11.3 Å². The first kappa shape index (κ1) is 14.8. The van der Waals surface area contributed by atoms with Gasteiger partial charge in [-0.25, -0.2) is 0 Å². The Morgan fingerprint density at radius 1 is 1.30 bits per heavy atom. The molecule has 108 valence electrons. The van der Waals surface area contributed by atoms with E-state index in [1.54, 1.807) is 10.9 Å². The molecule has 2 rings (SSSR count). The third kappa shape index (κ3) is 3.47. The van der Waals surface area contributed by atoms with E-state index in [9.17, 15) is 13.2 Å². The predicted octanol–water partition coefficient (Wildman–Crippen LogP) is 3.36. The molecule has 1 aromatic carbocycles. The summed E-state index contributed by atoms with van der Waals surface area (Å²) in [6.45, 7) is 0. The van der Waals surface area contributed by atoms with E-state index in [-0.39, 0.29) is 5.69 Å². The van der Waals surface area contributed by atoms with Crippen LogP contribution in [0.3, 0.4) is 0 Å². The van der Waals surface area contributed by atoms with Crippen LogP contribution in [0.2, 0.25) is 0 Å². The van der Waals surface area contributed by atoms with Crippen molar-refractivity contribution in [3.05, 3.63) is 41.7 Å². The Bertz CT molecular complexity index is 593. The lowest BCUT2D eigenvalue weighted by Crippen LogP contribution is -2.06. The number of nitrogen functional groups attached to an aromatic ring is 1. The monoisotopic (exact) mass is 301 g/mol. The van der Waals surface area contributed by atoms with Gasteiger partial charge >= 0.3 is 6.18 Å². The maximum absolute atomic E-state index is 12.5. The lowest BCUT2D eigenvalue weighted by molar-refractivity contribution is -0.137. The number of alkyl halides is 3. The molecule has 1 aromatic heterocycles. The van der Waals surface area contributed by atoms with Crippen LogP contribution in [0.4, 0.5) is 18.9 Å². The highest BCUT2D eigenvalue weighted by Crippen LogP contribution is 2.34. The Kier molecular flexibility index (Phi) is 4.27. The van der Waals surface area contributed by atoms with Gasteiger partial charge in [-0.3, -0.25) is 4.68 Å². The van der Waals surface area contributed by atoms with E-state index in [4.69, 9.17) is 5.73 Å². The lowest BCUT2D eigenvalue weighted by atomic mass is 10.2. The molecule has 7 heteroatoms. The number of thioether (sulfide) groups is 1. The average Bonchev–Trinajstić information content (AvgIpc) is 2.76. The Morgan fingerprint density at radius 3 is 2.60 bits per heavy atom. The number of halogens is 3. The number of anilines is 1. The fourth-order valence-corrected chi connectivity index (χ4v) is 2.69. The fraction of sp³-hybridized carbons (Fsp3) is 0.308. The van der Waals surface area contributed by atoms with Crippen molar-refractivity contribution >= 4 is 17.4 Å². The van der Waals surface area contributed by atoms with Crippen LogP contribution in [-0.4, -0.2) is 15.5 Å². The fourth-order valence-electron chi connectivity index (χ4n) is 1.77. The van der Waals surface area contributed by atoms with E-state index >= 15 is 0 Å². The number of aryl methyl sites for hydroxylation is 2. The Hall–Kier alpha value is -1.63. The smallest absolute Gasteiger partial charge is 0.398 e. The van der Waals surface area contributed by atoms with Crippen LogP contribution < -0.4 is 5.73 Å². The summed E-state index contributed by atoms with van der Waals surface area (Å²) in [7, 11) is 1.85. The Labute approximate surface area is 119 Å². The molecule has 0 aliphatic carbocycles. The zero-order valence-electron chi connectivity index (χ0n) is 10.8. The molecule has 0 aliphatic rings. The van der Waals surface area contributed by atoms with Gasteiger partial charge in [0.15, 0.2) is 0 Å². The normalized spacial score (nSPS) is 11.8. The van der Waals surface area contributed by atoms with Crippen molar-refractivity contribution in [2.24, 2.45) is 7.05 Å². The molecule has 0 spiro atoms. The first-order valence-electron chi connectivity index (χ1n) is 5.94. The lowest BCUT2D eigenvalue weighted by Gasteiger charge is -2.10. The highest BCUT2D eigenvalue weighted by atomic mass is 32.2. The van der Waals surface area contributed by atoms with Gasteiger partial charge in [-0.05, 0) is 30.7 Å². The number of benzene rings is 1. The van der Waals surface area contributed by atoms with Gasteiger partial charge in [0, 0.05) is 35.3 Å². The first-order valence-corrected chi connectivity index (χ1v) is 6.93. The highest BCUT2D eigenvalue weighted by Gasteiger charge is 2.30. The molecule has 2 aromatic rings. The maximum Gasteiger partial charge on any atom is 0.416 e. The molecule has 0 saturated heterocycles. The highest BCUT2D eigenvalue weighted by molar-refractivity contribution is 7.99. The molecule has 0 fully saturated rings. The molecule has 0 atom stereocenters. The van der Waals surface area contributed by atoms with Crippen molar-refractivity contribution in [1.82, 2.24) is 9.78 Å². The standard InChI is InChI=1S/C13H14F3N3S/c1-19-10(4-6-18-19)5-7-20-12-3-2-9(8-11(12)17)13(14,15)16/h2-4,6,8H,5,7,17H2,1H3. The van der Waals surface area contributed by atoms with Crippen molar-refractivity contribution in [2.75, 3.05) is 11.5 Å². The topological polar surface area (TPSA) is 43.8 Å². The predicted molar refractivity (Wildman–Crippen MR) is 73.5 cm³/mol. The molecule has 0 saturated carbocycles. The Morgan fingerprint density at radius 2 is 2.05 bits per heavy atom. The minimum absolute atomic E-state index is 0.162. The molecule has 0 amide bonds. The van der Waals surface area contributed by atoms with Crippen molar-refractivity contribution in [1.29, 1.82) is 0 Å². The Balaban J connectivity index is 1.98. The van der Waals surface area contributed by atoms with Crippen LogP contribution in [0.5, 0.6) is 0 Å². The van der Waals surface area contributed by atoms with E-state index in [0.29, 0.717) is 4.90 Å². The van der Waals surface area contributed by atoms with Crippen molar-refractivity contribution in [3.8, 4) is 0 Å². The second kappa shape index (κ2) is 5.78. The van der Waals surface area contributed by atoms with E-state index in [1.807, 2.05) is 13.1 Å². The van der Waals surface area contributed by atoms with Crippen LogP contribution >= 0.6 is 11.8 Å². The van der Waals surface area contributed by atoms with Crippen molar-refractivity contribution < 1.29 is 13.2 Å². The van der Waals surface area contributed by atoms with Gasteiger partial charge in [-0.2, -0.15) is 18.3 Å². The van der Waals surface area contributed by atoms with Gasteiger partial charge < -0.3 is 5.73 Å². The maximum atomic E-state index is 12.5. The number of aromatic nitrogens is 2. The number of hydrogen-bond donors (Lipinski definition) is 1. The zero-order valence-corrected chi connectivity index (χ0v) is 11.6. The summed E-state index contributed by atoms with van der Waals surface area (Å²) in [6.07, 6.45) is -1.86. The second-order valence-electron chi connectivity index (χ2n) is 4.29. The number of hydrogen-bond acceptors (Lipinski definition) is 3. The average molecular weight is 301 g/mol. The molecular weight excluding hydrogens is 287 g/mol. The van der Waals surface area contributed by atoms with Crippen LogP contribution in [0.15, 0.2) is 35.4 Å². The minimum Gasteiger partial charge on any atom is -0.398 e. The number of nitrogens with two attached hydrogens (primary N) is 1. The summed E-state index contributed by atoms with van der Waals surface area (Å²) in [5.74, 6) is 0.731. The molecule has 0 bridgehead atoms. The number of nitrogens with zero attached hydrogens (tertiary/aromatic N) is 2. The summed E-state index contributed by atoms with van der Waals surface area (Å²) < 4.78 is 39.3. The molecule has 3 nitrogen and oxygen atoms in total. The van der Waals surface area contributed by atoms with Gasteiger partial charge in [-0.15, -0.1) is 11.8 Å². The largest absolute Gasteiger partial charge is 0.416 e. The molecule has 0 aliphatic heterocycles. The molecule has 1 heterocycles. The van der Waals surface area contributed by atoms with E-state index in [2.05, 4.69) is 5.10 Å². The van der Waals surface area contributed by atoms with Gasteiger partial charge in [0.2, 0.25) is 0 Å². The summed E-state index contributed by atoms with van der Waals surface area (Å²) in [6, 6.07) is 5.37. The summed E-state index contributed by atoms with van der Waals surface area (Å²) in [5, 5.41) is 4.06. The van der Waals surface area contributed by atoms with Crippen LogP contribution in [0.25, 0.3) is 0 Å². The van der Waals surface area contributed by atoms with Gasteiger partial charge in [0.1, 0.15) is 0 Å². The van der Waals surface area contributed by atoms with E-state index in [1.165, 1.54) is 17.8 Å². The second-order valence-corrected chi connectivity index (χ2v) is 5.43. The summed E-state index contributed by atoms with van der Waals surface area (Å²) >= 11 is 1.44. The van der Waals surface area contributed by atoms with Crippen LogP contribution in [-0.2, 0) is 19.6 Å². The van der Waals surface area contributed by atoms with Gasteiger partial charge in [-0.1, -0.05) is 0 Å².